The molecular formula is C23H35N3O3. The Morgan fingerprint density at radius 1 is 0.897 bits per heavy atom. The summed E-state index contributed by atoms with van der Waals surface area (Å²) < 4.78 is 0. The van der Waals surface area contributed by atoms with E-state index in [2.05, 4.69) is 11.8 Å². The lowest BCUT2D eigenvalue weighted by Gasteiger charge is -2.25. The summed E-state index contributed by atoms with van der Waals surface area (Å²) in [5.41, 5.74) is 1.87. The van der Waals surface area contributed by atoms with Crippen LogP contribution in [0.5, 0.6) is 0 Å². The molecule has 160 valence electrons. The van der Waals surface area contributed by atoms with E-state index in [-0.39, 0.29) is 30.4 Å². The molecule has 0 atom stereocenters. The van der Waals surface area contributed by atoms with Crippen LogP contribution in [0.25, 0.3) is 0 Å². The zero-order chi connectivity index (χ0) is 21.2. The van der Waals surface area contributed by atoms with Gasteiger partial charge in [0.15, 0.2) is 5.78 Å². The van der Waals surface area contributed by atoms with Crippen molar-refractivity contribution < 1.29 is 14.4 Å². The number of nitrogens with zero attached hydrogens (tertiary/aromatic N) is 3. The molecule has 6 nitrogen and oxygen atoms in total. The molecule has 1 heterocycles. The van der Waals surface area contributed by atoms with Crippen molar-refractivity contribution in [2.24, 2.45) is 0 Å². The highest BCUT2D eigenvalue weighted by molar-refractivity contribution is 5.98. The fourth-order valence-electron chi connectivity index (χ4n) is 3.70. The molecule has 1 aromatic carbocycles. The van der Waals surface area contributed by atoms with E-state index in [0.717, 1.165) is 32.5 Å². The number of carbonyl (C=O) groups excluding carboxylic acids is 3. The van der Waals surface area contributed by atoms with Crippen LogP contribution in [0.15, 0.2) is 24.3 Å². The van der Waals surface area contributed by atoms with Crippen molar-refractivity contribution in [1.82, 2.24) is 14.7 Å². The van der Waals surface area contributed by atoms with Crippen molar-refractivity contribution in [3.63, 3.8) is 0 Å². The third-order valence-corrected chi connectivity index (χ3v) is 5.67. The van der Waals surface area contributed by atoms with Gasteiger partial charge in [0.25, 0.3) is 0 Å². The molecule has 1 aromatic rings. The minimum absolute atomic E-state index is 0.0160. The van der Waals surface area contributed by atoms with Crippen LogP contribution in [0.3, 0.4) is 0 Å². The number of benzene rings is 1. The van der Waals surface area contributed by atoms with Crippen molar-refractivity contribution in [2.75, 3.05) is 45.8 Å². The molecule has 0 aliphatic carbocycles. The highest BCUT2D eigenvalue weighted by atomic mass is 16.2. The quantitative estimate of drug-likeness (QED) is 0.597. The van der Waals surface area contributed by atoms with E-state index < -0.39 is 0 Å². The molecular weight excluding hydrogens is 366 g/mol. The molecule has 6 heteroatoms. The lowest BCUT2D eigenvalue weighted by Crippen LogP contribution is -2.42. The summed E-state index contributed by atoms with van der Waals surface area (Å²) in [6, 6.07) is 7.64. The number of hydrogen-bond acceptors (Lipinski definition) is 4. The standard InChI is InChI=1S/C23H35N3O3/c1-4-19-8-10-20(11-9-19)21(27)12-13-22(28)26-15-7-14-24(16-17-26)18-23(29)25(5-2)6-3/h8-11H,4-7,12-18H2,1-3H3. The Morgan fingerprint density at radius 2 is 1.59 bits per heavy atom. The molecule has 0 N–H and O–H groups in total. The van der Waals surface area contributed by atoms with Crippen LogP contribution in [0, 0.1) is 0 Å². The number of hydrogen-bond donors (Lipinski definition) is 0. The largest absolute Gasteiger partial charge is 0.342 e. The first-order valence-electron chi connectivity index (χ1n) is 10.9. The molecule has 0 spiro atoms. The molecule has 0 saturated carbocycles. The third-order valence-electron chi connectivity index (χ3n) is 5.67. The summed E-state index contributed by atoms with van der Waals surface area (Å²) in [4.78, 5) is 43.1. The van der Waals surface area contributed by atoms with Crippen molar-refractivity contribution in [3.05, 3.63) is 35.4 Å². The van der Waals surface area contributed by atoms with Gasteiger partial charge in [-0.3, -0.25) is 19.3 Å². The summed E-state index contributed by atoms with van der Waals surface area (Å²) in [7, 11) is 0. The zero-order valence-electron chi connectivity index (χ0n) is 18.2. The Kier molecular flexibility index (Phi) is 9.32. The van der Waals surface area contributed by atoms with E-state index in [4.69, 9.17) is 0 Å². The van der Waals surface area contributed by atoms with Gasteiger partial charge in [-0.25, -0.2) is 0 Å². The molecule has 1 saturated heterocycles. The van der Waals surface area contributed by atoms with E-state index in [0.29, 0.717) is 31.7 Å². The van der Waals surface area contributed by atoms with Gasteiger partial charge >= 0.3 is 0 Å². The van der Waals surface area contributed by atoms with Crippen molar-refractivity contribution in [2.45, 2.75) is 46.5 Å². The molecule has 1 fully saturated rings. The van der Waals surface area contributed by atoms with Crippen LogP contribution in [0.2, 0.25) is 0 Å². The zero-order valence-corrected chi connectivity index (χ0v) is 18.2. The second-order valence-corrected chi connectivity index (χ2v) is 7.55. The average molecular weight is 402 g/mol. The molecule has 1 aliphatic rings. The number of aryl methyl sites for hydroxylation is 1. The van der Waals surface area contributed by atoms with E-state index in [1.807, 2.05) is 47.9 Å². The van der Waals surface area contributed by atoms with Crippen molar-refractivity contribution in [3.8, 4) is 0 Å². The van der Waals surface area contributed by atoms with Crippen LogP contribution < -0.4 is 0 Å². The van der Waals surface area contributed by atoms with Crippen LogP contribution in [0.1, 0.15) is 56.0 Å². The summed E-state index contributed by atoms with van der Waals surface area (Å²) >= 11 is 0. The SMILES string of the molecule is CCc1ccc(C(=O)CCC(=O)N2CCCN(CC(=O)N(CC)CC)CC2)cc1. The normalized spacial score (nSPS) is 15.1. The molecule has 0 aromatic heterocycles. The average Bonchev–Trinajstić information content (AvgIpc) is 2.98. The summed E-state index contributed by atoms with van der Waals surface area (Å²) in [5.74, 6) is 0.192. The Bertz CT molecular complexity index is 683. The number of amides is 2. The molecule has 1 aliphatic heterocycles. The molecule has 2 amide bonds. The van der Waals surface area contributed by atoms with Crippen molar-refractivity contribution >= 4 is 17.6 Å². The fraction of sp³-hybridized carbons (Fsp3) is 0.609. The van der Waals surface area contributed by atoms with Crippen LogP contribution >= 0.6 is 0 Å². The molecule has 29 heavy (non-hydrogen) atoms. The first-order chi connectivity index (χ1) is 14.0. The number of rotatable bonds is 9. The lowest BCUT2D eigenvalue weighted by atomic mass is 10.0. The minimum Gasteiger partial charge on any atom is -0.342 e. The van der Waals surface area contributed by atoms with Crippen LogP contribution in [0.4, 0.5) is 0 Å². The molecule has 0 radical (unpaired) electrons. The maximum atomic E-state index is 12.6. The predicted molar refractivity (Wildman–Crippen MR) is 115 cm³/mol. The van der Waals surface area contributed by atoms with E-state index in [1.165, 1.54) is 5.56 Å². The third kappa shape index (κ3) is 6.96. The monoisotopic (exact) mass is 401 g/mol. The van der Waals surface area contributed by atoms with Gasteiger partial charge in [0.2, 0.25) is 11.8 Å². The van der Waals surface area contributed by atoms with E-state index in [9.17, 15) is 14.4 Å². The molecule has 0 unspecified atom stereocenters. The van der Waals surface area contributed by atoms with Gasteiger partial charge in [-0.1, -0.05) is 31.2 Å². The summed E-state index contributed by atoms with van der Waals surface area (Å²) in [6.07, 6.45) is 2.28. The Labute approximate surface area is 174 Å². The Hall–Kier alpha value is -2.21. The Balaban J connectivity index is 1.79. The van der Waals surface area contributed by atoms with E-state index in [1.54, 1.807) is 0 Å². The first-order valence-corrected chi connectivity index (χ1v) is 10.9. The number of likely N-dealkylation sites (N-methyl/N-ethyl adjacent to an activating group) is 1. The van der Waals surface area contributed by atoms with Gasteiger partial charge in [-0.15, -0.1) is 0 Å². The molecule has 2 rings (SSSR count). The minimum atomic E-state index is 0.0160. The highest BCUT2D eigenvalue weighted by Gasteiger charge is 2.22. The highest BCUT2D eigenvalue weighted by Crippen LogP contribution is 2.11. The predicted octanol–water partition coefficient (Wildman–Crippen LogP) is 2.61. The maximum absolute atomic E-state index is 12.6. The van der Waals surface area contributed by atoms with Gasteiger partial charge < -0.3 is 9.80 Å². The topological polar surface area (TPSA) is 60.9 Å². The number of Topliss-reactive ketones (excluding diaryl/α,β-unsaturated/α-hetero) is 1. The molecule has 0 bridgehead atoms. The van der Waals surface area contributed by atoms with Crippen molar-refractivity contribution in [1.29, 1.82) is 0 Å². The second-order valence-electron chi connectivity index (χ2n) is 7.55. The number of ketones is 1. The first kappa shape index (κ1) is 23.1. The second kappa shape index (κ2) is 11.7. The number of carbonyl (C=O) groups is 3. The lowest BCUT2D eigenvalue weighted by molar-refractivity contribution is -0.132. The summed E-state index contributed by atoms with van der Waals surface area (Å²) in [5, 5.41) is 0. The van der Waals surface area contributed by atoms with Gasteiger partial charge in [0.05, 0.1) is 6.54 Å². The van der Waals surface area contributed by atoms with Gasteiger partial charge in [-0.2, -0.15) is 0 Å². The fourth-order valence-corrected chi connectivity index (χ4v) is 3.70. The van der Waals surface area contributed by atoms with E-state index >= 15 is 0 Å². The van der Waals surface area contributed by atoms with Crippen LogP contribution in [-0.4, -0.2) is 78.1 Å². The smallest absolute Gasteiger partial charge is 0.236 e. The van der Waals surface area contributed by atoms with Crippen LogP contribution in [-0.2, 0) is 16.0 Å². The maximum Gasteiger partial charge on any atom is 0.236 e. The summed E-state index contributed by atoms with van der Waals surface area (Å²) in [6.45, 7) is 10.7. The van der Waals surface area contributed by atoms with Gasteiger partial charge in [0.1, 0.15) is 0 Å². The van der Waals surface area contributed by atoms with Gasteiger partial charge in [-0.05, 0) is 32.3 Å². The Morgan fingerprint density at radius 3 is 2.21 bits per heavy atom. The van der Waals surface area contributed by atoms with Gasteiger partial charge in [0, 0.05) is 57.7 Å².